The fourth-order valence-corrected chi connectivity index (χ4v) is 7.68. The van der Waals surface area contributed by atoms with Gasteiger partial charge in [-0.3, -0.25) is 9.59 Å². The van der Waals surface area contributed by atoms with Gasteiger partial charge in [0, 0.05) is 11.8 Å². The van der Waals surface area contributed by atoms with Gasteiger partial charge in [0.2, 0.25) is 0 Å². The van der Waals surface area contributed by atoms with Crippen molar-refractivity contribution in [2.24, 2.45) is 46.3 Å². The van der Waals surface area contributed by atoms with E-state index in [9.17, 15) is 9.59 Å². The largest absolute Gasteiger partial charge is 0.469 e. The van der Waals surface area contributed by atoms with E-state index in [4.69, 9.17) is 4.74 Å². The van der Waals surface area contributed by atoms with Crippen molar-refractivity contribution in [3.8, 4) is 0 Å². The molecule has 0 saturated heterocycles. The Balaban J connectivity index is 1.85. The molecular weight excluding hydrogens is 324 g/mol. The van der Waals surface area contributed by atoms with Gasteiger partial charge in [-0.1, -0.05) is 39.3 Å². The molecule has 1 unspecified atom stereocenters. The smallest absolute Gasteiger partial charge is 0.312 e. The summed E-state index contributed by atoms with van der Waals surface area (Å²) in [5.41, 5.74) is 1.44. The van der Waals surface area contributed by atoms with Crippen molar-refractivity contribution in [2.75, 3.05) is 7.11 Å². The Morgan fingerprint density at radius 3 is 2.62 bits per heavy atom. The topological polar surface area (TPSA) is 43.4 Å². The minimum absolute atomic E-state index is 0.0939. The molecule has 0 aromatic heterocycles. The third kappa shape index (κ3) is 2.31. The monoisotopic (exact) mass is 358 g/mol. The number of ether oxygens (including phenoxy) is 1. The average Bonchev–Trinajstić information content (AvgIpc) is 2.88. The van der Waals surface area contributed by atoms with E-state index >= 15 is 0 Å². The molecule has 0 bridgehead atoms. The number of carbonyl (C=O) groups excluding carboxylic acids is 2. The molecule has 0 amide bonds. The number of allylic oxidation sites excluding steroid dienone is 1. The minimum atomic E-state index is -0.240. The van der Waals surface area contributed by atoms with E-state index in [1.54, 1.807) is 0 Å². The van der Waals surface area contributed by atoms with Crippen molar-refractivity contribution < 1.29 is 14.3 Å². The van der Waals surface area contributed by atoms with Gasteiger partial charge in [0.25, 0.3) is 0 Å². The number of methoxy groups -OCH3 is 1. The molecule has 26 heavy (non-hydrogen) atoms. The summed E-state index contributed by atoms with van der Waals surface area (Å²) in [6.07, 6.45) is 8.51. The zero-order chi connectivity index (χ0) is 18.9. The van der Waals surface area contributed by atoms with Crippen LogP contribution in [-0.2, 0) is 14.3 Å². The third-order valence-corrected chi connectivity index (χ3v) is 8.84. The number of hydrogen-bond acceptors (Lipinski definition) is 3. The van der Waals surface area contributed by atoms with Gasteiger partial charge in [0.1, 0.15) is 5.78 Å². The molecule has 4 aliphatic carbocycles. The number of carbonyl (C=O) groups is 2. The van der Waals surface area contributed by atoms with Crippen LogP contribution in [0.1, 0.15) is 66.2 Å². The highest BCUT2D eigenvalue weighted by Gasteiger charge is 2.63. The maximum absolute atomic E-state index is 12.8. The first-order valence-corrected chi connectivity index (χ1v) is 10.5. The zero-order valence-electron chi connectivity index (χ0n) is 17.0. The number of hydrogen-bond donors (Lipinski definition) is 0. The van der Waals surface area contributed by atoms with Crippen LogP contribution in [0.4, 0.5) is 0 Å². The Morgan fingerprint density at radius 2 is 1.92 bits per heavy atom. The van der Waals surface area contributed by atoms with Crippen LogP contribution in [-0.4, -0.2) is 18.9 Å². The van der Waals surface area contributed by atoms with Crippen LogP contribution < -0.4 is 0 Å². The van der Waals surface area contributed by atoms with Crippen molar-refractivity contribution in [3.05, 3.63) is 11.6 Å². The van der Waals surface area contributed by atoms with Gasteiger partial charge < -0.3 is 4.74 Å². The Hall–Kier alpha value is -1.12. The van der Waals surface area contributed by atoms with E-state index < -0.39 is 0 Å². The molecule has 4 aliphatic rings. The van der Waals surface area contributed by atoms with Crippen molar-refractivity contribution in [3.63, 3.8) is 0 Å². The summed E-state index contributed by atoms with van der Waals surface area (Å²) in [5, 5.41) is 0. The van der Waals surface area contributed by atoms with Gasteiger partial charge in [-0.05, 0) is 67.1 Å². The lowest BCUT2D eigenvalue weighted by Gasteiger charge is -2.60. The van der Waals surface area contributed by atoms with Crippen LogP contribution in [0, 0.1) is 46.3 Å². The molecule has 0 N–H and O–H groups in total. The molecule has 3 fully saturated rings. The van der Waals surface area contributed by atoms with Gasteiger partial charge in [0.15, 0.2) is 0 Å². The zero-order valence-corrected chi connectivity index (χ0v) is 17.0. The normalized spacial score (nSPS) is 50.3. The highest BCUT2D eigenvalue weighted by molar-refractivity contribution is 5.87. The highest BCUT2D eigenvalue weighted by atomic mass is 16.5. The van der Waals surface area contributed by atoms with Gasteiger partial charge in [-0.15, -0.1) is 0 Å². The first-order chi connectivity index (χ1) is 12.2. The highest BCUT2D eigenvalue weighted by Crippen LogP contribution is 2.67. The SMILES string of the molecule is COC(=O)[C@@H]1C=C2C[C@@H](C)CC[C@]2(C)C2[C@@H]1[C@@H]1CCC(=O)[C@@]1(C)C[C@H]2C. The van der Waals surface area contributed by atoms with Gasteiger partial charge >= 0.3 is 5.97 Å². The summed E-state index contributed by atoms with van der Waals surface area (Å²) in [4.78, 5) is 25.6. The molecular formula is C23H34O3. The van der Waals surface area contributed by atoms with E-state index in [0.29, 0.717) is 35.9 Å². The van der Waals surface area contributed by atoms with E-state index in [2.05, 4.69) is 33.8 Å². The van der Waals surface area contributed by atoms with Gasteiger partial charge in [-0.2, -0.15) is 0 Å². The number of fused-ring (bicyclic) bond motifs is 5. The molecule has 0 aromatic rings. The van der Waals surface area contributed by atoms with Crippen LogP contribution in [0.5, 0.6) is 0 Å². The first kappa shape index (κ1) is 18.3. The lowest BCUT2D eigenvalue weighted by atomic mass is 9.43. The molecule has 4 rings (SSSR count). The fourth-order valence-electron chi connectivity index (χ4n) is 7.68. The molecule has 3 heteroatoms. The quantitative estimate of drug-likeness (QED) is 0.499. The van der Waals surface area contributed by atoms with Gasteiger partial charge in [-0.25, -0.2) is 0 Å². The van der Waals surface area contributed by atoms with E-state index in [1.807, 2.05) is 0 Å². The second kappa shape index (κ2) is 5.94. The maximum Gasteiger partial charge on any atom is 0.312 e. The van der Waals surface area contributed by atoms with E-state index in [1.165, 1.54) is 25.5 Å². The Morgan fingerprint density at radius 1 is 1.19 bits per heavy atom. The van der Waals surface area contributed by atoms with Crippen LogP contribution in [0.2, 0.25) is 0 Å². The minimum Gasteiger partial charge on any atom is -0.469 e. The average molecular weight is 359 g/mol. The summed E-state index contributed by atoms with van der Waals surface area (Å²) >= 11 is 0. The molecule has 0 aliphatic heterocycles. The molecule has 0 spiro atoms. The molecule has 8 atom stereocenters. The molecule has 144 valence electrons. The van der Waals surface area contributed by atoms with Crippen LogP contribution in [0.15, 0.2) is 11.6 Å². The molecule has 3 nitrogen and oxygen atoms in total. The molecule has 0 heterocycles. The predicted octanol–water partition coefficient (Wildman–Crippen LogP) is 4.80. The molecule has 0 aromatic carbocycles. The van der Waals surface area contributed by atoms with Crippen molar-refractivity contribution in [1.29, 1.82) is 0 Å². The lowest BCUT2D eigenvalue weighted by Crippen LogP contribution is -2.57. The van der Waals surface area contributed by atoms with Crippen LogP contribution in [0.25, 0.3) is 0 Å². The number of rotatable bonds is 1. The fraction of sp³-hybridized carbons (Fsp3) is 0.826. The van der Waals surface area contributed by atoms with Crippen molar-refractivity contribution >= 4 is 11.8 Å². The predicted molar refractivity (Wildman–Crippen MR) is 101 cm³/mol. The number of ketones is 1. The summed E-state index contributed by atoms with van der Waals surface area (Å²) in [6.45, 7) is 9.30. The van der Waals surface area contributed by atoms with Crippen molar-refractivity contribution in [2.45, 2.75) is 66.2 Å². The number of Topliss-reactive ketones (excluding diaryl/α,β-unsaturated/α-hetero) is 1. The second-order valence-electron chi connectivity index (χ2n) is 10.3. The maximum atomic E-state index is 12.8. The standard InChI is InChI=1S/C23H34O3/c1-13-8-9-22(3)15(10-13)11-16(21(25)26-5)19-17-6-7-18(24)23(17,4)12-14(2)20(19)22/h11,13-14,16-17,19-20H,6-10,12H2,1-5H3/t13-,14+,16+,17-,19-,20?,22-,23-/m0/s1. The Labute approximate surface area is 157 Å². The van der Waals surface area contributed by atoms with Crippen molar-refractivity contribution in [1.82, 2.24) is 0 Å². The second-order valence-corrected chi connectivity index (χ2v) is 10.3. The Kier molecular flexibility index (Phi) is 4.17. The van der Waals surface area contributed by atoms with Crippen LogP contribution >= 0.6 is 0 Å². The van der Waals surface area contributed by atoms with E-state index in [0.717, 1.165) is 19.3 Å². The summed E-state index contributed by atoms with van der Waals surface area (Å²) in [5.74, 6) is 2.40. The van der Waals surface area contributed by atoms with Gasteiger partial charge in [0.05, 0.1) is 13.0 Å². The first-order valence-electron chi connectivity index (χ1n) is 10.5. The molecule has 0 radical (unpaired) electrons. The van der Waals surface area contributed by atoms with E-state index in [-0.39, 0.29) is 28.6 Å². The number of esters is 1. The summed E-state index contributed by atoms with van der Waals surface area (Å²) < 4.78 is 5.25. The lowest BCUT2D eigenvalue weighted by molar-refractivity contribution is -0.158. The van der Waals surface area contributed by atoms with Crippen LogP contribution in [0.3, 0.4) is 0 Å². The summed E-state index contributed by atoms with van der Waals surface area (Å²) in [7, 11) is 1.51. The summed E-state index contributed by atoms with van der Waals surface area (Å²) in [6, 6.07) is 0. The molecule has 3 saturated carbocycles. The third-order valence-electron chi connectivity index (χ3n) is 8.84. The Bertz CT molecular complexity index is 664.